The van der Waals surface area contributed by atoms with Gasteiger partial charge in [-0.3, -0.25) is 9.59 Å². The SMILES string of the molecule is CCC(=O)NC1CCN(C(=O)C(N)C(C)CC)CC1. The third-order valence-corrected chi connectivity index (χ3v) is 4.04. The molecule has 1 aliphatic rings. The number of nitrogens with two attached hydrogens (primary N) is 1. The number of carbonyl (C=O) groups excluding carboxylic acids is 2. The van der Waals surface area contributed by atoms with Crippen molar-refractivity contribution >= 4 is 11.8 Å². The molecular weight excluding hydrogens is 242 g/mol. The van der Waals surface area contributed by atoms with Crippen LogP contribution in [0, 0.1) is 5.92 Å². The Hall–Kier alpha value is -1.10. The van der Waals surface area contributed by atoms with Crippen LogP contribution in [0.5, 0.6) is 0 Å². The largest absolute Gasteiger partial charge is 0.353 e. The molecule has 0 aromatic rings. The van der Waals surface area contributed by atoms with Gasteiger partial charge in [0.2, 0.25) is 11.8 Å². The Kier molecular flexibility index (Phi) is 6.28. The fourth-order valence-corrected chi connectivity index (χ4v) is 2.28. The summed E-state index contributed by atoms with van der Waals surface area (Å²) in [6, 6.07) is -0.192. The van der Waals surface area contributed by atoms with Crippen LogP contribution in [-0.4, -0.2) is 41.9 Å². The fraction of sp³-hybridized carbons (Fsp3) is 0.857. The summed E-state index contributed by atoms with van der Waals surface area (Å²) >= 11 is 0. The first-order chi connectivity index (χ1) is 8.99. The van der Waals surface area contributed by atoms with Crippen LogP contribution in [0.25, 0.3) is 0 Å². The molecule has 0 aromatic heterocycles. The maximum atomic E-state index is 12.2. The Balaban J connectivity index is 2.41. The Labute approximate surface area is 115 Å². The smallest absolute Gasteiger partial charge is 0.239 e. The molecule has 110 valence electrons. The zero-order valence-electron chi connectivity index (χ0n) is 12.3. The Bertz CT molecular complexity index is 312. The van der Waals surface area contributed by atoms with E-state index in [4.69, 9.17) is 5.73 Å². The molecule has 0 aromatic carbocycles. The van der Waals surface area contributed by atoms with Crippen LogP contribution in [0.3, 0.4) is 0 Å². The van der Waals surface area contributed by atoms with Gasteiger partial charge in [-0.15, -0.1) is 0 Å². The van der Waals surface area contributed by atoms with E-state index in [2.05, 4.69) is 5.32 Å². The molecule has 3 N–H and O–H groups in total. The molecule has 5 heteroatoms. The Morgan fingerprint density at radius 2 is 1.89 bits per heavy atom. The summed E-state index contributed by atoms with van der Waals surface area (Å²) in [5.74, 6) is 0.348. The lowest BCUT2D eigenvalue weighted by molar-refractivity contribution is -0.135. The summed E-state index contributed by atoms with van der Waals surface area (Å²) in [5.41, 5.74) is 5.98. The lowest BCUT2D eigenvalue weighted by Crippen LogP contribution is -2.52. The third-order valence-electron chi connectivity index (χ3n) is 4.04. The second kappa shape index (κ2) is 7.48. The highest BCUT2D eigenvalue weighted by molar-refractivity contribution is 5.82. The van der Waals surface area contributed by atoms with Crippen molar-refractivity contribution in [1.29, 1.82) is 0 Å². The van der Waals surface area contributed by atoms with E-state index in [-0.39, 0.29) is 23.8 Å². The van der Waals surface area contributed by atoms with Crippen molar-refractivity contribution < 1.29 is 9.59 Å². The van der Waals surface area contributed by atoms with Crippen LogP contribution >= 0.6 is 0 Å². The van der Waals surface area contributed by atoms with Gasteiger partial charge in [-0.2, -0.15) is 0 Å². The standard InChI is InChI=1S/C14H27N3O2/c1-4-10(3)13(15)14(19)17-8-6-11(7-9-17)16-12(18)5-2/h10-11,13H,4-9,15H2,1-3H3,(H,16,18). The van der Waals surface area contributed by atoms with Gasteiger partial charge < -0.3 is 16.0 Å². The van der Waals surface area contributed by atoms with Gasteiger partial charge in [0, 0.05) is 25.6 Å². The van der Waals surface area contributed by atoms with E-state index in [1.165, 1.54) is 0 Å². The van der Waals surface area contributed by atoms with Crippen molar-refractivity contribution in [1.82, 2.24) is 10.2 Å². The molecule has 0 bridgehead atoms. The van der Waals surface area contributed by atoms with E-state index in [0.717, 1.165) is 19.3 Å². The minimum absolute atomic E-state index is 0.0506. The van der Waals surface area contributed by atoms with E-state index < -0.39 is 6.04 Å². The molecule has 1 saturated heterocycles. The highest BCUT2D eigenvalue weighted by Crippen LogP contribution is 2.14. The maximum absolute atomic E-state index is 12.2. The van der Waals surface area contributed by atoms with Gasteiger partial charge >= 0.3 is 0 Å². The topological polar surface area (TPSA) is 75.4 Å². The van der Waals surface area contributed by atoms with E-state index in [0.29, 0.717) is 19.5 Å². The summed E-state index contributed by atoms with van der Waals surface area (Å²) in [4.78, 5) is 25.4. The molecule has 2 amide bonds. The number of hydrogen-bond acceptors (Lipinski definition) is 3. The number of likely N-dealkylation sites (tertiary alicyclic amines) is 1. The number of nitrogens with one attached hydrogen (secondary N) is 1. The molecule has 1 rings (SSSR count). The van der Waals surface area contributed by atoms with E-state index in [1.54, 1.807) is 0 Å². The van der Waals surface area contributed by atoms with Crippen LogP contribution in [0.15, 0.2) is 0 Å². The van der Waals surface area contributed by atoms with Crippen LogP contribution in [0.2, 0.25) is 0 Å². The van der Waals surface area contributed by atoms with Crippen LogP contribution in [0.1, 0.15) is 46.5 Å². The van der Waals surface area contributed by atoms with E-state index >= 15 is 0 Å². The molecule has 2 unspecified atom stereocenters. The normalized spacial score (nSPS) is 19.9. The van der Waals surface area contributed by atoms with Gasteiger partial charge in [0.1, 0.15) is 0 Å². The zero-order chi connectivity index (χ0) is 14.4. The highest BCUT2D eigenvalue weighted by atomic mass is 16.2. The molecule has 2 atom stereocenters. The van der Waals surface area contributed by atoms with E-state index in [1.807, 2.05) is 25.7 Å². The Morgan fingerprint density at radius 3 is 2.37 bits per heavy atom. The molecular formula is C14H27N3O2. The number of hydrogen-bond donors (Lipinski definition) is 2. The number of carbonyl (C=O) groups is 2. The number of piperidine rings is 1. The lowest BCUT2D eigenvalue weighted by Gasteiger charge is -2.34. The summed E-state index contributed by atoms with van der Waals surface area (Å²) < 4.78 is 0. The molecule has 1 heterocycles. The van der Waals surface area contributed by atoms with Gasteiger partial charge in [0.15, 0.2) is 0 Å². The minimum atomic E-state index is -0.396. The summed E-state index contributed by atoms with van der Waals surface area (Å²) in [6.07, 6.45) is 3.07. The third kappa shape index (κ3) is 4.49. The minimum Gasteiger partial charge on any atom is -0.353 e. The van der Waals surface area contributed by atoms with Crippen LogP contribution in [0.4, 0.5) is 0 Å². The van der Waals surface area contributed by atoms with Crippen LogP contribution < -0.4 is 11.1 Å². The first-order valence-corrected chi connectivity index (χ1v) is 7.33. The van der Waals surface area contributed by atoms with Gasteiger partial charge in [-0.1, -0.05) is 27.2 Å². The van der Waals surface area contributed by atoms with Gasteiger partial charge in [-0.25, -0.2) is 0 Å². The van der Waals surface area contributed by atoms with Gasteiger partial charge in [0.25, 0.3) is 0 Å². The predicted molar refractivity (Wildman–Crippen MR) is 75.5 cm³/mol. The molecule has 19 heavy (non-hydrogen) atoms. The monoisotopic (exact) mass is 269 g/mol. The summed E-state index contributed by atoms with van der Waals surface area (Å²) in [6.45, 7) is 7.29. The lowest BCUT2D eigenvalue weighted by atomic mass is 9.97. The second-order valence-corrected chi connectivity index (χ2v) is 5.43. The average Bonchev–Trinajstić information content (AvgIpc) is 2.45. The van der Waals surface area contributed by atoms with Crippen molar-refractivity contribution in [2.75, 3.05) is 13.1 Å². The maximum Gasteiger partial charge on any atom is 0.239 e. The van der Waals surface area contributed by atoms with E-state index in [9.17, 15) is 9.59 Å². The number of rotatable bonds is 5. The first kappa shape index (κ1) is 16.0. The Morgan fingerprint density at radius 1 is 1.32 bits per heavy atom. The molecule has 0 spiro atoms. The average molecular weight is 269 g/mol. The predicted octanol–water partition coefficient (Wildman–Crippen LogP) is 0.877. The molecule has 1 aliphatic heterocycles. The molecule has 0 aliphatic carbocycles. The number of nitrogens with zero attached hydrogens (tertiary/aromatic N) is 1. The summed E-state index contributed by atoms with van der Waals surface area (Å²) in [5, 5.41) is 2.98. The van der Waals surface area contributed by atoms with Crippen molar-refractivity contribution in [3.63, 3.8) is 0 Å². The second-order valence-electron chi connectivity index (χ2n) is 5.43. The van der Waals surface area contributed by atoms with Gasteiger partial charge in [-0.05, 0) is 18.8 Å². The van der Waals surface area contributed by atoms with Crippen LogP contribution in [-0.2, 0) is 9.59 Å². The highest BCUT2D eigenvalue weighted by Gasteiger charge is 2.28. The first-order valence-electron chi connectivity index (χ1n) is 7.33. The zero-order valence-corrected chi connectivity index (χ0v) is 12.3. The van der Waals surface area contributed by atoms with Crippen molar-refractivity contribution in [3.05, 3.63) is 0 Å². The molecule has 0 saturated carbocycles. The molecule has 0 radical (unpaired) electrons. The quantitative estimate of drug-likeness (QED) is 0.778. The molecule has 1 fully saturated rings. The fourth-order valence-electron chi connectivity index (χ4n) is 2.28. The van der Waals surface area contributed by atoms with Crippen molar-refractivity contribution in [3.8, 4) is 0 Å². The van der Waals surface area contributed by atoms with Crippen molar-refractivity contribution in [2.45, 2.75) is 58.5 Å². The van der Waals surface area contributed by atoms with Gasteiger partial charge in [0.05, 0.1) is 6.04 Å². The number of amides is 2. The van der Waals surface area contributed by atoms with Crippen molar-refractivity contribution in [2.24, 2.45) is 11.7 Å². The summed E-state index contributed by atoms with van der Waals surface area (Å²) in [7, 11) is 0. The molecule has 5 nitrogen and oxygen atoms in total.